The molecule has 2 aromatic rings. The van der Waals surface area contributed by atoms with Crippen molar-refractivity contribution in [1.82, 2.24) is 0 Å². The Balaban J connectivity index is 1.96. The van der Waals surface area contributed by atoms with Gasteiger partial charge in [0.15, 0.2) is 0 Å². The highest BCUT2D eigenvalue weighted by Gasteiger charge is 2.08. The first-order valence-electron chi connectivity index (χ1n) is 6.95. The van der Waals surface area contributed by atoms with Crippen LogP contribution < -0.4 is 16.0 Å². The Morgan fingerprint density at radius 1 is 1.19 bits per heavy atom. The zero-order chi connectivity index (χ0) is 15.2. The molecule has 0 radical (unpaired) electrons. The molecule has 0 atom stereocenters. The van der Waals surface area contributed by atoms with Crippen LogP contribution in [0.25, 0.3) is 0 Å². The average Bonchev–Trinajstić information content (AvgIpc) is 2.49. The number of likely N-dealkylation sites (N-methyl/N-ethyl adjacent to an activating group) is 1. The van der Waals surface area contributed by atoms with Crippen LogP contribution in [-0.4, -0.2) is 19.5 Å². The Morgan fingerprint density at radius 2 is 1.90 bits per heavy atom. The summed E-state index contributed by atoms with van der Waals surface area (Å²) in [7, 11) is 1.89. The molecular formula is C17H21N3O. The van der Waals surface area contributed by atoms with Crippen LogP contribution in [-0.2, 0) is 11.3 Å². The van der Waals surface area contributed by atoms with Crippen molar-refractivity contribution < 1.29 is 4.79 Å². The number of carbonyl (C=O) groups is 1. The first-order valence-corrected chi connectivity index (χ1v) is 6.95. The number of nitrogens with zero attached hydrogens (tertiary/aromatic N) is 1. The van der Waals surface area contributed by atoms with Crippen molar-refractivity contribution in [3.8, 4) is 0 Å². The largest absolute Gasteiger partial charge is 0.365 e. The number of anilines is 2. The molecule has 0 heterocycles. The molecule has 0 aliphatic carbocycles. The maximum absolute atomic E-state index is 12.1. The molecule has 2 aromatic carbocycles. The highest BCUT2D eigenvalue weighted by molar-refractivity contribution is 5.94. The fraction of sp³-hybridized carbons (Fsp3) is 0.235. The quantitative estimate of drug-likeness (QED) is 0.886. The van der Waals surface area contributed by atoms with Gasteiger partial charge in [0.2, 0.25) is 5.91 Å². The summed E-state index contributed by atoms with van der Waals surface area (Å²) in [6.45, 7) is 2.81. The molecule has 0 bridgehead atoms. The highest BCUT2D eigenvalue weighted by Crippen LogP contribution is 2.15. The number of rotatable bonds is 5. The van der Waals surface area contributed by atoms with Crippen LogP contribution >= 0.6 is 0 Å². The monoisotopic (exact) mass is 283 g/mol. The van der Waals surface area contributed by atoms with Crippen LogP contribution in [0.1, 0.15) is 11.1 Å². The molecule has 0 saturated heterocycles. The summed E-state index contributed by atoms with van der Waals surface area (Å²) in [6, 6.07) is 15.7. The lowest BCUT2D eigenvalue weighted by Crippen LogP contribution is -2.30. The van der Waals surface area contributed by atoms with E-state index in [-0.39, 0.29) is 5.91 Å². The van der Waals surface area contributed by atoms with Crippen molar-refractivity contribution in [1.29, 1.82) is 0 Å². The molecule has 0 fully saturated rings. The van der Waals surface area contributed by atoms with Crippen LogP contribution in [0.4, 0.5) is 11.4 Å². The van der Waals surface area contributed by atoms with Gasteiger partial charge >= 0.3 is 0 Å². The third-order valence-electron chi connectivity index (χ3n) is 3.30. The zero-order valence-electron chi connectivity index (χ0n) is 12.5. The van der Waals surface area contributed by atoms with E-state index in [9.17, 15) is 4.79 Å². The minimum Gasteiger partial charge on any atom is -0.365 e. The maximum Gasteiger partial charge on any atom is 0.243 e. The number of nitrogens with one attached hydrogen (secondary N) is 1. The zero-order valence-corrected chi connectivity index (χ0v) is 12.5. The van der Waals surface area contributed by atoms with Crippen molar-refractivity contribution in [2.75, 3.05) is 23.8 Å². The predicted molar refractivity (Wildman–Crippen MR) is 87.4 cm³/mol. The van der Waals surface area contributed by atoms with E-state index in [4.69, 9.17) is 5.73 Å². The van der Waals surface area contributed by atoms with Gasteiger partial charge in [-0.3, -0.25) is 4.79 Å². The van der Waals surface area contributed by atoms with E-state index >= 15 is 0 Å². The van der Waals surface area contributed by atoms with Gasteiger partial charge in [-0.15, -0.1) is 0 Å². The van der Waals surface area contributed by atoms with Gasteiger partial charge in [-0.05, 0) is 36.8 Å². The van der Waals surface area contributed by atoms with E-state index in [2.05, 4.69) is 5.32 Å². The first-order chi connectivity index (χ1) is 10.1. The van der Waals surface area contributed by atoms with Crippen molar-refractivity contribution in [2.45, 2.75) is 13.5 Å². The van der Waals surface area contributed by atoms with E-state index in [0.29, 0.717) is 13.1 Å². The first kappa shape index (κ1) is 15.1. The van der Waals surface area contributed by atoms with Gasteiger partial charge in [0, 0.05) is 25.0 Å². The summed E-state index contributed by atoms with van der Waals surface area (Å²) >= 11 is 0. The number of carbonyl (C=O) groups excluding carboxylic acids is 1. The molecule has 0 aliphatic rings. The minimum absolute atomic E-state index is 0.0421. The molecule has 1 amide bonds. The molecule has 4 heteroatoms. The van der Waals surface area contributed by atoms with E-state index in [1.165, 1.54) is 5.56 Å². The summed E-state index contributed by atoms with van der Waals surface area (Å²) in [5.41, 5.74) is 9.66. The Morgan fingerprint density at radius 3 is 2.57 bits per heavy atom. The lowest BCUT2D eigenvalue weighted by molar-refractivity contribution is -0.114. The number of nitrogens with two attached hydrogens (primary N) is 1. The summed E-state index contributed by atoms with van der Waals surface area (Å²) in [5.74, 6) is -0.0421. The van der Waals surface area contributed by atoms with Crippen molar-refractivity contribution in [3.63, 3.8) is 0 Å². The Labute approximate surface area is 125 Å². The van der Waals surface area contributed by atoms with Gasteiger partial charge in [0.25, 0.3) is 0 Å². The Kier molecular flexibility index (Phi) is 4.95. The third-order valence-corrected chi connectivity index (χ3v) is 3.30. The second-order valence-corrected chi connectivity index (χ2v) is 5.14. The minimum atomic E-state index is -0.0421. The molecule has 0 unspecified atom stereocenters. The second kappa shape index (κ2) is 6.90. The second-order valence-electron chi connectivity index (χ2n) is 5.14. The van der Waals surface area contributed by atoms with Crippen LogP contribution in [0.2, 0.25) is 0 Å². The number of hydrogen-bond donors (Lipinski definition) is 2. The van der Waals surface area contributed by atoms with Crippen LogP contribution in [0.15, 0.2) is 48.5 Å². The molecular weight excluding hydrogens is 262 g/mol. The molecule has 2 rings (SSSR count). The molecule has 0 spiro atoms. The molecule has 0 aromatic heterocycles. The average molecular weight is 283 g/mol. The summed E-state index contributed by atoms with van der Waals surface area (Å²) in [5, 5.41) is 2.89. The van der Waals surface area contributed by atoms with Crippen LogP contribution in [0.3, 0.4) is 0 Å². The number of aryl methyl sites for hydroxylation is 1. The van der Waals surface area contributed by atoms with E-state index in [1.807, 2.05) is 67.4 Å². The standard InChI is InChI=1S/C17H21N3O/c1-13-6-8-15(9-7-13)19-17(21)12-20(2)16-5-3-4-14(10-16)11-18/h3-10H,11-12,18H2,1-2H3,(H,19,21). The number of hydrogen-bond acceptors (Lipinski definition) is 3. The van der Waals surface area contributed by atoms with Gasteiger partial charge < -0.3 is 16.0 Å². The van der Waals surface area contributed by atoms with Gasteiger partial charge in [-0.25, -0.2) is 0 Å². The summed E-state index contributed by atoms with van der Waals surface area (Å²) < 4.78 is 0. The number of benzene rings is 2. The van der Waals surface area contributed by atoms with Crippen molar-refractivity contribution in [2.24, 2.45) is 5.73 Å². The molecule has 110 valence electrons. The Hall–Kier alpha value is -2.33. The number of amides is 1. The predicted octanol–water partition coefficient (Wildman–Crippen LogP) is 2.53. The molecule has 0 saturated carbocycles. The van der Waals surface area contributed by atoms with Gasteiger partial charge in [-0.1, -0.05) is 29.8 Å². The van der Waals surface area contributed by atoms with E-state index in [1.54, 1.807) is 0 Å². The summed E-state index contributed by atoms with van der Waals surface area (Å²) in [4.78, 5) is 14.0. The van der Waals surface area contributed by atoms with Gasteiger partial charge in [-0.2, -0.15) is 0 Å². The smallest absolute Gasteiger partial charge is 0.243 e. The van der Waals surface area contributed by atoms with Crippen LogP contribution in [0, 0.1) is 6.92 Å². The summed E-state index contributed by atoms with van der Waals surface area (Å²) in [6.07, 6.45) is 0. The lowest BCUT2D eigenvalue weighted by Gasteiger charge is -2.19. The topological polar surface area (TPSA) is 58.4 Å². The third kappa shape index (κ3) is 4.33. The lowest BCUT2D eigenvalue weighted by atomic mass is 10.2. The fourth-order valence-corrected chi connectivity index (χ4v) is 2.06. The maximum atomic E-state index is 12.1. The van der Waals surface area contributed by atoms with E-state index < -0.39 is 0 Å². The van der Waals surface area contributed by atoms with Crippen LogP contribution in [0.5, 0.6) is 0 Å². The van der Waals surface area contributed by atoms with E-state index in [0.717, 1.165) is 16.9 Å². The molecule has 4 nitrogen and oxygen atoms in total. The van der Waals surface area contributed by atoms with Crippen molar-refractivity contribution >= 4 is 17.3 Å². The van der Waals surface area contributed by atoms with Gasteiger partial charge in [0.05, 0.1) is 6.54 Å². The fourth-order valence-electron chi connectivity index (χ4n) is 2.06. The molecule has 0 aliphatic heterocycles. The SMILES string of the molecule is Cc1ccc(NC(=O)CN(C)c2cccc(CN)c2)cc1. The molecule has 3 N–H and O–H groups in total. The van der Waals surface area contributed by atoms with Gasteiger partial charge in [0.1, 0.15) is 0 Å². The molecule has 21 heavy (non-hydrogen) atoms. The normalized spacial score (nSPS) is 10.2. The Bertz CT molecular complexity index is 608. The van der Waals surface area contributed by atoms with Crippen molar-refractivity contribution in [3.05, 3.63) is 59.7 Å². The highest BCUT2D eigenvalue weighted by atomic mass is 16.2.